The largest absolute Gasteiger partial charge is 0.383 e. The highest BCUT2D eigenvalue weighted by molar-refractivity contribution is 7.92. The van der Waals surface area contributed by atoms with E-state index in [0.717, 1.165) is 24.8 Å². The maximum Gasteiger partial charge on any atom is 0.261 e. The average molecular weight is 453 g/mol. The van der Waals surface area contributed by atoms with Crippen LogP contribution in [-0.4, -0.2) is 49.0 Å². The Bertz CT molecular complexity index is 1140. The number of pyridine rings is 1. The van der Waals surface area contributed by atoms with Crippen LogP contribution in [0, 0.1) is 11.6 Å². The van der Waals surface area contributed by atoms with Gasteiger partial charge in [0.1, 0.15) is 17.2 Å². The fraction of sp³-hybridized carbons (Fsp3) is 0.316. The molecule has 1 saturated heterocycles. The molecule has 12 heteroatoms. The predicted molar refractivity (Wildman–Crippen MR) is 111 cm³/mol. The summed E-state index contributed by atoms with van der Waals surface area (Å²) in [4.78, 5) is 30.3. The van der Waals surface area contributed by atoms with E-state index in [-0.39, 0.29) is 35.1 Å². The molecular weight excluding hydrogens is 432 g/mol. The average Bonchev–Trinajstić information content (AvgIpc) is 2.64. The summed E-state index contributed by atoms with van der Waals surface area (Å²) >= 11 is 0. The monoisotopic (exact) mass is 453 g/mol. The molecule has 1 fully saturated rings. The summed E-state index contributed by atoms with van der Waals surface area (Å²) in [5.74, 6) is -4.40. The van der Waals surface area contributed by atoms with Crippen molar-refractivity contribution in [3.8, 4) is 0 Å². The van der Waals surface area contributed by atoms with Crippen LogP contribution in [0.1, 0.15) is 40.5 Å². The molecule has 9 nitrogen and oxygen atoms in total. The van der Waals surface area contributed by atoms with Crippen LogP contribution in [-0.2, 0) is 10.0 Å². The fourth-order valence-corrected chi connectivity index (χ4v) is 4.06. The Morgan fingerprint density at radius 2 is 1.97 bits per heavy atom. The molecule has 0 saturated carbocycles. The molecule has 0 bridgehead atoms. The summed E-state index contributed by atoms with van der Waals surface area (Å²) < 4.78 is 54.8. The molecular formula is C19H21F2N5O4S. The fourth-order valence-electron chi connectivity index (χ4n) is 2.93. The second-order valence-electron chi connectivity index (χ2n) is 6.96. The van der Waals surface area contributed by atoms with E-state index in [0.29, 0.717) is 13.1 Å². The van der Waals surface area contributed by atoms with Crippen LogP contribution in [0.3, 0.4) is 0 Å². The van der Waals surface area contributed by atoms with Crippen molar-refractivity contribution in [3.05, 3.63) is 47.2 Å². The van der Waals surface area contributed by atoms with E-state index in [1.54, 1.807) is 11.8 Å². The van der Waals surface area contributed by atoms with Gasteiger partial charge >= 0.3 is 0 Å². The van der Waals surface area contributed by atoms with Crippen LogP contribution in [0.25, 0.3) is 0 Å². The van der Waals surface area contributed by atoms with Crippen molar-refractivity contribution >= 4 is 39.0 Å². The molecule has 1 aliphatic heterocycles. The molecule has 0 unspecified atom stereocenters. The van der Waals surface area contributed by atoms with Crippen LogP contribution in [0.15, 0.2) is 24.4 Å². The first kappa shape index (κ1) is 22.4. The molecule has 4 N–H and O–H groups in total. The van der Waals surface area contributed by atoms with Crippen molar-refractivity contribution in [2.75, 3.05) is 34.6 Å². The van der Waals surface area contributed by atoms with E-state index < -0.39 is 38.8 Å². The minimum atomic E-state index is -3.86. The van der Waals surface area contributed by atoms with Crippen LogP contribution in [0.4, 0.5) is 26.0 Å². The maximum atomic E-state index is 14.8. The van der Waals surface area contributed by atoms with E-state index in [4.69, 9.17) is 5.73 Å². The van der Waals surface area contributed by atoms with Crippen molar-refractivity contribution in [1.29, 1.82) is 0 Å². The third kappa shape index (κ3) is 4.90. The van der Waals surface area contributed by atoms with E-state index in [1.807, 2.05) is 4.72 Å². The quantitative estimate of drug-likeness (QED) is 0.588. The topological polar surface area (TPSA) is 134 Å². The SMILES string of the molecule is CCCS(=O)(=O)Nc1ccc(F)c(C(=O)Nc2cnc(N)c(C(=O)N3CCC3)c2)c1F. The number of carbonyl (C=O) groups excluding carboxylic acids is 2. The molecule has 1 aliphatic rings. The number of carbonyl (C=O) groups is 2. The number of benzene rings is 1. The van der Waals surface area contributed by atoms with Gasteiger partial charge in [-0.2, -0.15) is 0 Å². The first-order valence-electron chi connectivity index (χ1n) is 9.47. The lowest BCUT2D eigenvalue weighted by atomic mass is 10.1. The summed E-state index contributed by atoms with van der Waals surface area (Å²) in [5.41, 5.74) is 4.26. The zero-order chi connectivity index (χ0) is 22.8. The van der Waals surface area contributed by atoms with Gasteiger partial charge in [-0.1, -0.05) is 6.92 Å². The van der Waals surface area contributed by atoms with E-state index >= 15 is 0 Å². The molecule has 2 heterocycles. The van der Waals surface area contributed by atoms with Crippen LogP contribution in [0.2, 0.25) is 0 Å². The van der Waals surface area contributed by atoms with Gasteiger partial charge in [0, 0.05) is 13.1 Å². The normalized spacial score (nSPS) is 13.5. The Labute approximate surface area is 177 Å². The number of halogens is 2. The van der Waals surface area contributed by atoms with Gasteiger partial charge in [-0.3, -0.25) is 14.3 Å². The maximum absolute atomic E-state index is 14.8. The number of nitrogens with one attached hydrogen (secondary N) is 2. The van der Waals surface area contributed by atoms with E-state index in [1.165, 1.54) is 6.07 Å². The van der Waals surface area contributed by atoms with Gasteiger partial charge in [0.15, 0.2) is 5.82 Å². The number of nitrogens with zero attached hydrogens (tertiary/aromatic N) is 2. The third-order valence-corrected chi connectivity index (χ3v) is 6.08. The van der Waals surface area contributed by atoms with Crippen LogP contribution < -0.4 is 15.8 Å². The van der Waals surface area contributed by atoms with Gasteiger partial charge in [-0.05, 0) is 31.0 Å². The van der Waals surface area contributed by atoms with Crippen molar-refractivity contribution in [2.24, 2.45) is 0 Å². The van der Waals surface area contributed by atoms with Gasteiger partial charge in [0.25, 0.3) is 11.8 Å². The van der Waals surface area contributed by atoms with E-state index in [9.17, 15) is 26.8 Å². The number of nitrogen functional groups attached to an aromatic ring is 1. The van der Waals surface area contributed by atoms with Gasteiger partial charge in [0.05, 0.1) is 28.9 Å². The molecule has 1 aromatic carbocycles. The summed E-state index contributed by atoms with van der Waals surface area (Å²) in [6.07, 6.45) is 2.30. The molecule has 2 amide bonds. The number of amides is 2. The van der Waals surface area contributed by atoms with Gasteiger partial charge in [-0.15, -0.1) is 0 Å². The number of hydrogen-bond acceptors (Lipinski definition) is 6. The minimum absolute atomic E-state index is 0.00107. The minimum Gasteiger partial charge on any atom is -0.383 e. The number of hydrogen-bond donors (Lipinski definition) is 3. The highest BCUT2D eigenvalue weighted by Gasteiger charge is 2.26. The predicted octanol–water partition coefficient (Wildman–Crippen LogP) is 2.19. The Kier molecular flexibility index (Phi) is 6.39. The summed E-state index contributed by atoms with van der Waals surface area (Å²) in [7, 11) is -3.86. The lowest BCUT2D eigenvalue weighted by molar-refractivity contribution is 0.0652. The number of nitrogens with two attached hydrogens (primary N) is 1. The van der Waals surface area contributed by atoms with Crippen LogP contribution in [0.5, 0.6) is 0 Å². The van der Waals surface area contributed by atoms with Crippen molar-refractivity contribution in [2.45, 2.75) is 19.8 Å². The molecule has 2 aromatic rings. The lowest BCUT2D eigenvalue weighted by Gasteiger charge is -2.31. The first-order chi connectivity index (χ1) is 14.6. The zero-order valence-corrected chi connectivity index (χ0v) is 17.4. The van der Waals surface area contributed by atoms with Gasteiger partial charge in [0.2, 0.25) is 10.0 Å². The standard InChI is InChI=1S/C19H21F2N5O4S/c1-2-8-31(29,30)25-14-5-4-13(20)15(16(14)21)18(27)24-11-9-12(17(22)23-10-11)19(28)26-6-3-7-26/h4-5,9-10,25H,2-3,6-8H2,1H3,(H2,22,23)(H,24,27). The highest BCUT2D eigenvalue weighted by atomic mass is 32.2. The number of sulfonamides is 1. The molecule has 3 rings (SSSR count). The number of aromatic nitrogens is 1. The zero-order valence-electron chi connectivity index (χ0n) is 16.6. The Hall–Kier alpha value is -3.28. The Balaban J connectivity index is 1.87. The summed E-state index contributed by atoms with van der Waals surface area (Å²) in [6.45, 7) is 2.78. The Morgan fingerprint density at radius 3 is 2.58 bits per heavy atom. The molecule has 0 spiro atoms. The van der Waals surface area contributed by atoms with Crippen molar-refractivity contribution < 1.29 is 26.8 Å². The van der Waals surface area contributed by atoms with Crippen molar-refractivity contribution in [3.63, 3.8) is 0 Å². The highest BCUT2D eigenvalue weighted by Crippen LogP contribution is 2.25. The number of likely N-dealkylation sites (tertiary alicyclic amines) is 1. The van der Waals surface area contributed by atoms with Gasteiger partial charge in [-0.25, -0.2) is 22.2 Å². The molecule has 0 radical (unpaired) electrons. The van der Waals surface area contributed by atoms with Crippen molar-refractivity contribution in [1.82, 2.24) is 9.88 Å². The number of anilines is 3. The molecule has 166 valence electrons. The smallest absolute Gasteiger partial charge is 0.261 e. The second-order valence-corrected chi connectivity index (χ2v) is 8.80. The van der Waals surface area contributed by atoms with Gasteiger partial charge < -0.3 is 16.0 Å². The van der Waals surface area contributed by atoms with Crippen LogP contribution >= 0.6 is 0 Å². The van der Waals surface area contributed by atoms with E-state index in [2.05, 4.69) is 10.3 Å². The molecule has 31 heavy (non-hydrogen) atoms. The summed E-state index contributed by atoms with van der Waals surface area (Å²) in [5, 5.41) is 2.27. The second kappa shape index (κ2) is 8.84. The molecule has 0 atom stereocenters. The summed E-state index contributed by atoms with van der Waals surface area (Å²) in [6, 6.07) is 2.94. The molecule has 1 aromatic heterocycles. The third-order valence-electron chi connectivity index (χ3n) is 4.61. The lowest BCUT2D eigenvalue weighted by Crippen LogP contribution is -2.42. The first-order valence-corrected chi connectivity index (χ1v) is 11.1. The molecule has 0 aliphatic carbocycles. The Morgan fingerprint density at radius 1 is 1.26 bits per heavy atom. The number of rotatable bonds is 7.